The van der Waals surface area contributed by atoms with Crippen LogP contribution >= 0.6 is 11.6 Å². The molecule has 0 atom stereocenters. The van der Waals surface area contributed by atoms with E-state index in [1.165, 1.54) is 12.1 Å². The number of piperazine rings is 1. The number of halogens is 6. The number of hydrogen-bond donors (Lipinski definition) is 1. The predicted octanol–water partition coefficient (Wildman–Crippen LogP) is 4.94. The molecule has 30 heavy (non-hydrogen) atoms. The Bertz CT molecular complexity index is 894. The number of hydrogen-bond acceptors (Lipinski definition) is 3. The molecule has 0 aliphatic carbocycles. The van der Waals surface area contributed by atoms with Gasteiger partial charge in [-0.05, 0) is 30.3 Å². The predicted molar refractivity (Wildman–Crippen MR) is 105 cm³/mol. The second-order valence-corrected chi connectivity index (χ2v) is 7.34. The number of anilines is 2. The van der Waals surface area contributed by atoms with Crippen molar-refractivity contribution in [2.75, 3.05) is 42.9 Å². The quantitative estimate of drug-likeness (QED) is 0.659. The van der Waals surface area contributed by atoms with Crippen LogP contribution in [0.5, 0.6) is 0 Å². The van der Waals surface area contributed by atoms with Crippen LogP contribution in [-0.4, -0.2) is 49.7 Å². The number of nitrogens with zero attached hydrogens (tertiary/aromatic N) is 2. The van der Waals surface area contributed by atoms with Crippen molar-refractivity contribution >= 4 is 28.9 Å². The average molecular weight is 448 g/mol. The van der Waals surface area contributed by atoms with E-state index in [0.717, 1.165) is 18.2 Å². The molecule has 3 rings (SSSR count). The second-order valence-electron chi connectivity index (χ2n) is 6.91. The van der Waals surface area contributed by atoms with Gasteiger partial charge in [0.15, 0.2) is 0 Å². The number of benzene rings is 2. The topological polar surface area (TPSA) is 35.6 Å². The molecule has 1 N–H and O–H groups in total. The van der Waals surface area contributed by atoms with E-state index in [9.17, 15) is 26.7 Å². The maximum atomic E-state index is 13.9. The molecule has 0 saturated carbocycles. The summed E-state index contributed by atoms with van der Waals surface area (Å²) in [5.41, 5.74) is 0.134. The van der Waals surface area contributed by atoms with Gasteiger partial charge < -0.3 is 10.2 Å². The number of amides is 1. The third kappa shape index (κ3) is 5.60. The molecule has 1 saturated heterocycles. The molecule has 1 aliphatic rings. The fraction of sp³-hybridized carbons (Fsp3) is 0.350. The van der Waals surface area contributed by atoms with Crippen molar-refractivity contribution in [3.63, 3.8) is 0 Å². The Morgan fingerprint density at radius 3 is 2.27 bits per heavy atom. The number of carbonyl (C=O) groups is 1. The molecule has 0 unspecified atom stereocenters. The Morgan fingerprint density at radius 1 is 1.03 bits per heavy atom. The molecular weight excluding hydrogens is 429 g/mol. The van der Waals surface area contributed by atoms with Gasteiger partial charge >= 0.3 is 6.18 Å². The monoisotopic (exact) mass is 447 g/mol. The lowest BCUT2D eigenvalue weighted by atomic mass is 10.1. The van der Waals surface area contributed by atoms with Crippen molar-refractivity contribution in [1.82, 2.24) is 4.90 Å². The third-order valence-electron chi connectivity index (χ3n) is 4.82. The van der Waals surface area contributed by atoms with Gasteiger partial charge in [-0.15, -0.1) is 0 Å². The summed E-state index contributed by atoms with van der Waals surface area (Å²) in [5.74, 6) is -2.92. The average Bonchev–Trinajstić information content (AvgIpc) is 2.67. The summed E-state index contributed by atoms with van der Waals surface area (Å²) in [7, 11) is 0. The van der Waals surface area contributed by atoms with Crippen LogP contribution in [0.1, 0.15) is 16.8 Å². The van der Waals surface area contributed by atoms with Crippen molar-refractivity contribution in [1.29, 1.82) is 0 Å². The van der Waals surface area contributed by atoms with E-state index < -0.39 is 35.7 Å². The van der Waals surface area contributed by atoms with Crippen molar-refractivity contribution < 1.29 is 26.7 Å². The number of carbonyl (C=O) groups excluding carboxylic acids is 1. The molecule has 162 valence electrons. The largest absolute Gasteiger partial charge is 0.390 e. The standard InChI is InChI=1S/C20H19ClF5N3O/c21-13-4-5-16(27-19(30)18-14(22)2-1-3-15(18)23)17(12-13)29-10-8-28(9-11-29)7-6-20(24,25)26/h1-5,12H,6-11H2,(H,27,30). The summed E-state index contributed by atoms with van der Waals surface area (Å²) >= 11 is 6.07. The van der Waals surface area contributed by atoms with Crippen molar-refractivity contribution in [2.24, 2.45) is 0 Å². The summed E-state index contributed by atoms with van der Waals surface area (Å²) in [6.45, 7) is 1.54. The minimum absolute atomic E-state index is 0.0803. The van der Waals surface area contributed by atoms with E-state index in [0.29, 0.717) is 42.6 Å². The third-order valence-corrected chi connectivity index (χ3v) is 5.06. The molecule has 10 heteroatoms. The normalized spacial score (nSPS) is 15.3. The fourth-order valence-corrected chi connectivity index (χ4v) is 3.44. The summed E-state index contributed by atoms with van der Waals surface area (Å²) in [6, 6.07) is 7.78. The molecule has 2 aromatic rings. The van der Waals surface area contributed by atoms with E-state index in [1.54, 1.807) is 11.0 Å². The summed E-state index contributed by atoms with van der Waals surface area (Å²) in [5, 5.41) is 2.90. The molecule has 0 aromatic heterocycles. The zero-order valence-electron chi connectivity index (χ0n) is 15.8. The Kier molecular flexibility index (Phi) is 6.82. The van der Waals surface area contributed by atoms with Crippen LogP contribution in [0.15, 0.2) is 36.4 Å². The number of rotatable bonds is 5. The first kappa shape index (κ1) is 22.3. The molecule has 1 aliphatic heterocycles. The van der Waals surface area contributed by atoms with E-state index in [2.05, 4.69) is 5.32 Å². The lowest BCUT2D eigenvalue weighted by molar-refractivity contribution is -0.138. The summed E-state index contributed by atoms with van der Waals surface area (Å²) in [6.07, 6.45) is -5.08. The van der Waals surface area contributed by atoms with Crippen LogP contribution in [0.25, 0.3) is 0 Å². The highest BCUT2D eigenvalue weighted by Gasteiger charge is 2.29. The van der Waals surface area contributed by atoms with Gasteiger partial charge in [0.25, 0.3) is 5.91 Å². The Hall–Kier alpha value is -2.39. The SMILES string of the molecule is O=C(Nc1ccc(Cl)cc1N1CCN(CCC(F)(F)F)CC1)c1c(F)cccc1F. The summed E-state index contributed by atoms with van der Waals surface area (Å²) < 4.78 is 65.1. The molecule has 2 aromatic carbocycles. The van der Waals surface area contributed by atoms with E-state index in [4.69, 9.17) is 11.6 Å². The lowest BCUT2D eigenvalue weighted by Crippen LogP contribution is -2.47. The van der Waals surface area contributed by atoms with Crippen LogP contribution in [0, 0.1) is 11.6 Å². The zero-order valence-corrected chi connectivity index (χ0v) is 16.5. The number of alkyl halides is 3. The van der Waals surface area contributed by atoms with Gasteiger partial charge in [-0.3, -0.25) is 9.69 Å². The van der Waals surface area contributed by atoms with Crippen LogP contribution < -0.4 is 10.2 Å². The van der Waals surface area contributed by atoms with Gasteiger partial charge in [-0.1, -0.05) is 17.7 Å². The van der Waals surface area contributed by atoms with Crippen molar-refractivity contribution in [3.8, 4) is 0 Å². The highest BCUT2D eigenvalue weighted by Crippen LogP contribution is 2.31. The highest BCUT2D eigenvalue weighted by atomic mass is 35.5. The van der Waals surface area contributed by atoms with Crippen molar-refractivity contribution in [3.05, 3.63) is 58.6 Å². The van der Waals surface area contributed by atoms with Gasteiger partial charge in [-0.2, -0.15) is 13.2 Å². The lowest BCUT2D eigenvalue weighted by Gasteiger charge is -2.37. The smallest absolute Gasteiger partial charge is 0.367 e. The molecular formula is C20H19ClF5N3O. The molecule has 0 radical (unpaired) electrons. The first-order valence-electron chi connectivity index (χ1n) is 9.23. The Balaban J connectivity index is 1.73. The molecule has 0 spiro atoms. The minimum atomic E-state index is -4.20. The van der Waals surface area contributed by atoms with Gasteiger partial charge in [-0.25, -0.2) is 8.78 Å². The molecule has 4 nitrogen and oxygen atoms in total. The van der Waals surface area contributed by atoms with Gasteiger partial charge in [0.05, 0.1) is 17.8 Å². The first-order valence-corrected chi connectivity index (χ1v) is 9.61. The number of nitrogens with one attached hydrogen (secondary N) is 1. The van der Waals surface area contributed by atoms with Crippen LogP contribution in [0.4, 0.5) is 33.3 Å². The Morgan fingerprint density at radius 2 is 1.67 bits per heavy atom. The zero-order chi connectivity index (χ0) is 21.9. The second kappa shape index (κ2) is 9.18. The van der Waals surface area contributed by atoms with Gasteiger partial charge in [0.2, 0.25) is 0 Å². The summed E-state index contributed by atoms with van der Waals surface area (Å²) in [4.78, 5) is 16.0. The molecule has 0 bridgehead atoms. The fourth-order valence-electron chi connectivity index (χ4n) is 3.27. The maximum Gasteiger partial charge on any atom is 0.390 e. The Labute approximate surface area is 175 Å². The molecule has 1 amide bonds. The van der Waals surface area contributed by atoms with Crippen LogP contribution in [0.2, 0.25) is 5.02 Å². The van der Waals surface area contributed by atoms with Crippen LogP contribution in [0.3, 0.4) is 0 Å². The van der Waals surface area contributed by atoms with Gasteiger partial charge in [0, 0.05) is 37.7 Å². The highest BCUT2D eigenvalue weighted by molar-refractivity contribution is 6.31. The van der Waals surface area contributed by atoms with Crippen molar-refractivity contribution in [2.45, 2.75) is 12.6 Å². The molecule has 1 fully saturated rings. The van der Waals surface area contributed by atoms with E-state index in [-0.39, 0.29) is 6.54 Å². The first-order chi connectivity index (χ1) is 14.1. The van der Waals surface area contributed by atoms with E-state index in [1.807, 2.05) is 4.90 Å². The molecule has 1 heterocycles. The van der Waals surface area contributed by atoms with Gasteiger partial charge in [0.1, 0.15) is 17.2 Å². The minimum Gasteiger partial charge on any atom is -0.367 e. The van der Waals surface area contributed by atoms with E-state index >= 15 is 0 Å². The van der Waals surface area contributed by atoms with Crippen LogP contribution in [-0.2, 0) is 0 Å². The maximum absolute atomic E-state index is 13.9.